The summed E-state index contributed by atoms with van der Waals surface area (Å²) in [6.07, 6.45) is 24.7. The molecule has 0 aliphatic heterocycles. The number of anilines is 2. The van der Waals surface area contributed by atoms with Gasteiger partial charge in [-0.2, -0.15) is 0 Å². The summed E-state index contributed by atoms with van der Waals surface area (Å²) < 4.78 is 0. The second-order valence-corrected chi connectivity index (χ2v) is 25.0. The number of nitrogens with zero attached hydrogens (tertiary/aromatic N) is 10. The van der Waals surface area contributed by atoms with Crippen LogP contribution in [0.4, 0.5) is 11.4 Å². The maximum atomic E-state index is 12.8. The number of aromatic nitrogens is 10. The largest absolute Gasteiger partial charge is 0.346 e. The van der Waals surface area contributed by atoms with Crippen LogP contribution in [0.25, 0.3) is 44.8 Å². The Kier molecular flexibility index (Phi) is 25.5. The summed E-state index contributed by atoms with van der Waals surface area (Å²) in [5.74, 6) is 1.61. The monoisotopic (exact) mass is 1400 g/mol. The van der Waals surface area contributed by atoms with Gasteiger partial charge >= 0.3 is 0 Å². The summed E-state index contributed by atoms with van der Waals surface area (Å²) in [5.41, 5.74) is 15.8. The van der Waals surface area contributed by atoms with Crippen LogP contribution in [0, 0.1) is 0 Å². The molecule has 0 fully saturated rings. The number of benzene rings is 6. The molecule has 0 spiro atoms. The highest BCUT2D eigenvalue weighted by Crippen LogP contribution is 2.24. The molecule has 106 heavy (non-hydrogen) atoms. The predicted molar refractivity (Wildman–Crippen MR) is 413 cm³/mol. The molecule has 2 amide bonds. The van der Waals surface area contributed by atoms with E-state index in [0.29, 0.717) is 97.0 Å². The van der Waals surface area contributed by atoms with Crippen molar-refractivity contribution in [2.75, 3.05) is 31.3 Å². The fourth-order valence-corrected chi connectivity index (χ4v) is 11.3. The Labute approximate surface area is 614 Å². The van der Waals surface area contributed by atoms with E-state index < -0.39 is 0 Å². The third-order valence-corrected chi connectivity index (χ3v) is 16.6. The summed E-state index contributed by atoms with van der Waals surface area (Å²) in [6.45, 7) is 7.66. The molecule has 19 heteroatoms. The topological polar surface area (TPSA) is 262 Å². The van der Waals surface area contributed by atoms with E-state index in [0.717, 1.165) is 83.7 Å². The van der Waals surface area contributed by atoms with E-state index >= 15 is 0 Å². The van der Waals surface area contributed by atoms with Gasteiger partial charge in [-0.15, -0.1) is 0 Å². The predicted octanol–water partition coefficient (Wildman–Crippen LogP) is 14.6. The fourth-order valence-electron chi connectivity index (χ4n) is 11.3. The standard InChI is InChI=1S/C30H24N4O2.C29H28N6O2.C28H23N3O2/c1-2-26(35)15-20-6-8-23(9-7-20)28(36)16-21-4-3-5-22(14-21)17-29-31-13-11-27(34-29)25-18-24-10-12-32-30(24)33-19-25;1-35(2)17-5-9-28(36)32-24-12-10-22(11-13-24)29(37)33-25-8-3-6-21(18-25)19-27-31-16-14-26(34-27)23-7-4-15-30-20-23;1-2-25(32)16-20-8-10-23(11-9-20)27(33)17-21-5-3-6-22(15-21)18-28-30-14-12-26(31-28)24-7-4-13-29-19-24/h2-14,18-19H,1,15-17H2,(H,32,33);3-16,18,20H,17,19H2,1-2H3,(H,32,36)(H,33,37);2-15,19H,1,16-18H2/b;9-5+;. The highest BCUT2D eigenvalue weighted by Gasteiger charge is 2.15. The maximum Gasteiger partial charge on any atom is 0.255 e. The van der Waals surface area contributed by atoms with Crippen LogP contribution in [0.2, 0.25) is 0 Å². The third kappa shape index (κ3) is 21.9. The lowest BCUT2D eigenvalue weighted by atomic mass is 9.99. The maximum absolute atomic E-state index is 12.8. The zero-order chi connectivity index (χ0) is 74.0. The number of carbonyl (C=O) groups excluding carboxylic acids is 6. The van der Waals surface area contributed by atoms with Crippen LogP contribution < -0.4 is 10.6 Å². The number of likely N-dealkylation sites (N-methyl/N-ethyl adjacent to an activating group) is 1. The Morgan fingerprint density at radius 1 is 0.425 bits per heavy atom. The number of H-pyrrole nitrogens is 1. The molecule has 0 unspecified atom stereocenters. The molecular weight excluding hydrogens is 1320 g/mol. The van der Waals surface area contributed by atoms with Crippen LogP contribution in [0.15, 0.2) is 293 Å². The lowest BCUT2D eigenvalue weighted by Gasteiger charge is -2.09. The molecule has 0 bridgehead atoms. The number of nitrogens with one attached hydrogen (secondary N) is 3. The van der Waals surface area contributed by atoms with Gasteiger partial charge in [0.05, 0.1) is 17.1 Å². The molecule has 3 N–H and O–H groups in total. The Balaban J connectivity index is 0.000000159. The van der Waals surface area contributed by atoms with Crippen LogP contribution in [0.1, 0.15) is 87.5 Å². The van der Waals surface area contributed by atoms with Gasteiger partial charge in [-0.25, -0.2) is 34.9 Å². The van der Waals surface area contributed by atoms with Gasteiger partial charge in [-0.3, -0.25) is 38.7 Å². The number of allylic oxidation sites excluding steroid dienone is 2. The van der Waals surface area contributed by atoms with Crippen LogP contribution in [-0.2, 0) is 59.3 Å². The molecule has 0 aliphatic rings. The van der Waals surface area contributed by atoms with E-state index in [1.54, 1.807) is 104 Å². The number of ketones is 4. The number of fused-ring (bicyclic) bond motifs is 1. The molecule has 7 aromatic heterocycles. The van der Waals surface area contributed by atoms with Crippen LogP contribution in [0.5, 0.6) is 0 Å². The van der Waals surface area contributed by atoms with Crippen molar-refractivity contribution >= 4 is 57.4 Å². The number of rotatable bonds is 27. The number of carbonyl (C=O) groups is 6. The van der Waals surface area contributed by atoms with Gasteiger partial charge in [0.15, 0.2) is 23.1 Å². The second kappa shape index (κ2) is 36.8. The molecule has 0 radical (unpaired) electrons. The van der Waals surface area contributed by atoms with E-state index in [4.69, 9.17) is 4.98 Å². The molecule has 13 rings (SSSR count). The summed E-state index contributed by atoms with van der Waals surface area (Å²) in [7, 11) is 3.86. The third-order valence-electron chi connectivity index (χ3n) is 16.6. The van der Waals surface area contributed by atoms with E-state index in [2.05, 4.69) is 74.7 Å². The van der Waals surface area contributed by atoms with Gasteiger partial charge < -0.3 is 20.5 Å². The van der Waals surface area contributed by atoms with Gasteiger partial charge in [0.1, 0.15) is 23.1 Å². The Bertz CT molecular complexity index is 5280. The zero-order valence-electron chi connectivity index (χ0n) is 58.6. The number of hydrogen-bond acceptors (Lipinski definition) is 16. The number of aromatic amines is 1. The van der Waals surface area contributed by atoms with Gasteiger partial charge in [0, 0.05) is 163 Å². The Morgan fingerprint density at radius 3 is 1.38 bits per heavy atom. The average molecular weight is 1400 g/mol. The van der Waals surface area contributed by atoms with Crippen molar-refractivity contribution < 1.29 is 28.8 Å². The summed E-state index contributed by atoms with van der Waals surface area (Å²) in [4.78, 5) is 119. The highest BCUT2D eigenvalue weighted by atomic mass is 16.2. The van der Waals surface area contributed by atoms with E-state index in [-0.39, 0.29) is 34.9 Å². The van der Waals surface area contributed by atoms with Gasteiger partial charge in [-0.1, -0.05) is 128 Å². The smallest absolute Gasteiger partial charge is 0.255 e. The molecule has 6 aromatic carbocycles. The summed E-state index contributed by atoms with van der Waals surface area (Å²) in [5, 5.41) is 6.75. The molecule has 0 saturated heterocycles. The van der Waals surface area contributed by atoms with Crippen molar-refractivity contribution in [3.63, 3.8) is 0 Å². The average Bonchev–Trinajstić information content (AvgIpc) is 1.55. The SMILES string of the molecule is C=CC(=O)Cc1ccc(C(=O)Cc2cccc(Cc3nccc(-c4cccnc4)n3)c2)cc1.C=CC(=O)Cc1ccc(C(=O)Cc2cccc(Cc3nccc(-c4cnc5[nH]ccc5c4)n3)c2)cc1.CN(C)C/C=C/C(=O)Nc1ccc(C(=O)Nc2cccc(Cc3nccc(-c4cccnc4)n3)c2)cc1. The second-order valence-electron chi connectivity index (χ2n) is 25.0. The fraction of sp³-hybridized carbons (Fsp3) is 0.115. The quantitative estimate of drug-likeness (QED) is 0.0319. The van der Waals surface area contributed by atoms with Crippen LogP contribution >= 0.6 is 0 Å². The molecular formula is C87H75N13O6. The van der Waals surface area contributed by atoms with E-state index in [1.165, 1.54) is 18.2 Å². The van der Waals surface area contributed by atoms with Crippen molar-refractivity contribution in [3.8, 4) is 33.8 Å². The first kappa shape index (κ1) is 73.6. The van der Waals surface area contributed by atoms with Crippen molar-refractivity contribution in [2.24, 2.45) is 0 Å². The molecule has 13 aromatic rings. The van der Waals surface area contributed by atoms with Gasteiger partial charge in [0.2, 0.25) is 5.91 Å². The highest BCUT2D eigenvalue weighted by molar-refractivity contribution is 6.05. The van der Waals surface area contributed by atoms with Crippen molar-refractivity contribution in [3.05, 3.63) is 367 Å². The Morgan fingerprint density at radius 2 is 0.896 bits per heavy atom. The molecule has 0 aliphatic carbocycles. The summed E-state index contributed by atoms with van der Waals surface area (Å²) >= 11 is 0. The first-order chi connectivity index (χ1) is 51.6. The minimum Gasteiger partial charge on any atom is -0.346 e. The molecule has 0 atom stereocenters. The lowest BCUT2D eigenvalue weighted by molar-refractivity contribution is -0.114. The number of pyridine rings is 3. The van der Waals surface area contributed by atoms with Gasteiger partial charge in [-0.05, 0) is 156 Å². The minimum atomic E-state index is -0.240. The van der Waals surface area contributed by atoms with E-state index in [9.17, 15) is 28.8 Å². The Hall–Kier alpha value is -13.7. The normalized spacial score (nSPS) is 10.8. The lowest BCUT2D eigenvalue weighted by Crippen LogP contribution is -2.13. The number of amides is 2. The molecule has 7 heterocycles. The molecule has 0 saturated carbocycles. The van der Waals surface area contributed by atoms with Gasteiger partial charge in [0.25, 0.3) is 5.91 Å². The number of Topliss-reactive ketones (excluding diaryl/α,β-unsaturated/α-hetero) is 2. The minimum absolute atomic E-state index is 0.0274. The van der Waals surface area contributed by atoms with Crippen LogP contribution in [0.3, 0.4) is 0 Å². The van der Waals surface area contributed by atoms with Crippen molar-refractivity contribution in [2.45, 2.75) is 44.9 Å². The molecule has 524 valence electrons. The summed E-state index contributed by atoms with van der Waals surface area (Å²) in [6, 6.07) is 61.9. The van der Waals surface area contributed by atoms with Crippen molar-refractivity contribution in [1.82, 2.24) is 54.7 Å². The van der Waals surface area contributed by atoms with E-state index in [1.807, 2.05) is 171 Å². The molecule has 19 nitrogen and oxygen atoms in total. The van der Waals surface area contributed by atoms with Crippen molar-refractivity contribution in [1.29, 1.82) is 0 Å². The van der Waals surface area contributed by atoms with Crippen LogP contribution in [-0.4, -0.2) is 110 Å². The zero-order valence-corrected chi connectivity index (χ0v) is 58.6. The first-order valence-electron chi connectivity index (χ1n) is 34.2. The number of hydrogen-bond donors (Lipinski definition) is 3. The first-order valence-corrected chi connectivity index (χ1v) is 34.2.